The zero-order valence-electron chi connectivity index (χ0n) is 15.5. The van der Waals surface area contributed by atoms with Crippen molar-refractivity contribution in [2.24, 2.45) is 0 Å². The number of carbonyl (C=O) groups excluding carboxylic acids is 3. The van der Waals surface area contributed by atoms with E-state index >= 15 is 0 Å². The maximum atomic E-state index is 12.8. The highest BCUT2D eigenvalue weighted by molar-refractivity contribution is 6.30. The Morgan fingerprint density at radius 2 is 1.34 bits per heavy atom. The lowest BCUT2D eigenvalue weighted by molar-refractivity contribution is -0.116. The van der Waals surface area contributed by atoms with E-state index < -0.39 is 6.04 Å². The minimum absolute atomic E-state index is 0.189. The zero-order valence-corrected chi connectivity index (χ0v) is 16.3. The molecule has 2 N–H and O–H groups in total. The minimum atomic E-state index is -0.523. The van der Waals surface area contributed by atoms with Gasteiger partial charge < -0.3 is 10.6 Å². The Bertz CT molecular complexity index is 1140. The van der Waals surface area contributed by atoms with Crippen LogP contribution in [0.25, 0.3) is 0 Å². The molecule has 1 aliphatic carbocycles. The number of nitrogens with one attached hydrogen (secondary N) is 2. The minimum Gasteiger partial charge on any atom is -0.374 e. The largest absolute Gasteiger partial charge is 0.374 e. The molecular weight excluding hydrogens is 388 g/mol. The van der Waals surface area contributed by atoms with Crippen molar-refractivity contribution in [1.29, 1.82) is 0 Å². The van der Waals surface area contributed by atoms with Crippen LogP contribution in [-0.4, -0.2) is 23.5 Å². The number of anilines is 2. The van der Waals surface area contributed by atoms with E-state index in [1.165, 1.54) is 0 Å². The van der Waals surface area contributed by atoms with Crippen molar-refractivity contribution in [2.75, 3.05) is 10.6 Å². The highest BCUT2D eigenvalue weighted by Gasteiger charge is 2.29. The van der Waals surface area contributed by atoms with Crippen molar-refractivity contribution in [1.82, 2.24) is 0 Å². The first-order valence-corrected chi connectivity index (χ1v) is 9.47. The molecule has 3 aromatic rings. The third-order valence-corrected chi connectivity index (χ3v) is 5.07. The Morgan fingerprint density at radius 3 is 2.00 bits per heavy atom. The molecule has 0 aliphatic heterocycles. The highest BCUT2D eigenvalue weighted by atomic mass is 35.5. The standard InChI is InChI=1S/C23H17ClN2O3/c1-13(25-15-8-6-14(24)7-9-15)23(29)26-16-10-11-19-20(12-16)22(28)18-5-3-2-4-17(18)21(19)27/h2-13,25H,1H3,(H,26,29)/t13-/m0/s1. The molecule has 0 unspecified atom stereocenters. The molecule has 6 heteroatoms. The van der Waals surface area contributed by atoms with Gasteiger partial charge in [0.15, 0.2) is 11.6 Å². The molecule has 1 amide bonds. The summed E-state index contributed by atoms with van der Waals surface area (Å²) in [7, 11) is 0. The first-order chi connectivity index (χ1) is 13.9. The van der Waals surface area contributed by atoms with Gasteiger partial charge in [0.25, 0.3) is 0 Å². The fraction of sp³-hybridized carbons (Fsp3) is 0.0870. The molecular formula is C23H17ClN2O3. The predicted octanol–water partition coefficient (Wildman–Crippen LogP) is 4.55. The number of hydrogen-bond donors (Lipinski definition) is 2. The second-order valence-electron chi connectivity index (χ2n) is 6.83. The van der Waals surface area contributed by atoms with Crippen LogP contribution in [0.4, 0.5) is 11.4 Å². The highest BCUT2D eigenvalue weighted by Crippen LogP contribution is 2.29. The van der Waals surface area contributed by atoms with Crippen molar-refractivity contribution in [3.8, 4) is 0 Å². The summed E-state index contributed by atoms with van der Waals surface area (Å²) in [5.41, 5.74) is 2.65. The molecule has 0 saturated heterocycles. The fourth-order valence-electron chi connectivity index (χ4n) is 3.29. The molecule has 0 heterocycles. The van der Waals surface area contributed by atoms with Gasteiger partial charge in [-0.3, -0.25) is 14.4 Å². The number of amides is 1. The summed E-state index contributed by atoms with van der Waals surface area (Å²) >= 11 is 5.87. The van der Waals surface area contributed by atoms with Crippen molar-refractivity contribution >= 4 is 40.4 Å². The van der Waals surface area contributed by atoms with Gasteiger partial charge in [0.05, 0.1) is 0 Å². The molecule has 1 aliphatic rings. The molecule has 0 bridgehead atoms. The van der Waals surface area contributed by atoms with Gasteiger partial charge in [-0.2, -0.15) is 0 Å². The lowest BCUT2D eigenvalue weighted by Gasteiger charge is -2.19. The number of benzene rings is 3. The fourth-order valence-corrected chi connectivity index (χ4v) is 3.42. The summed E-state index contributed by atoms with van der Waals surface area (Å²) < 4.78 is 0. The van der Waals surface area contributed by atoms with Crippen molar-refractivity contribution in [3.05, 3.63) is 94.0 Å². The normalized spacial score (nSPS) is 13.3. The van der Waals surface area contributed by atoms with Gasteiger partial charge >= 0.3 is 0 Å². The SMILES string of the molecule is C[C@H](Nc1ccc(Cl)cc1)C(=O)Nc1ccc2c(c1)C(=O)c1ccccc1C2=O. The van der Waals surface area contributed by atoms with Crippen LogP contribution in [0.15, 0.2) is 66.7 Å². The van der Waals surface area contributed by atoms with Gasteiger partial charge in [0.2, 0.25) is 5.91 Å². The molecule has 0 radical (unpaired) electrons. The van der Waals surface area contributed by atoms with E-state index in [2.05, 4.69) is 10.6 Å². The number of carbonyl (C=O) groups is 3. The molecule has 5 nitrogen and oxygen atoms in total. The molecule has 29 heavy (non-hydrogen) atoms. The molecule has 0 spiro atoms. The summed E-state index contributed by atoms with van der Waals surface area (Å²) in [4.78, 5) is 38.0. The number of fused-ring (bicyclic) bond motifs is 2. The van der Waals surface area contributed by atoms with E-state index in [0.29, 0.717) is 33.0 Å². The van der Waals surface area contributed by atoms with E-state index in [1.807, 2.05) is 0 Å². The first kappa shape index (κ1) is 18.9. The lowest BCUT2D eigenvalue weighted by atomic mass is 9.84. The summed E-state index contributed by atoms with van der Waals surface area (Å²) in [6, 6.07) is 18.0. The van der Waals surface area contributed by atoms with Gasteiger partial charge in [-0.25, -0.2) is 0 Å². The van der Waals surface area contributed by atoms with Gasteiger partial charge in [-0.15, -0.1) is 0 Å². The van der Waals surface area contributed by atoms with Gasteiger partial charge in [-0.1, -0.05) is 35.9 Å². The van der Waals surface area contributed by atoms with E-state index in [9.17, 15) is 14.4 Å². The van der Waals surface area contributed by atoms with Crippen LogP contribution in [0, 0.1) is 0 Å². The second-order valence-corrected chi connectivity index (χ2v) is 7.26. The van der Waals surface area contributed by atoms with Crippen LogP contribution in [0.3, 0.4) is 0 Å². The van der Waals surface area contributed by atoms with Crippen LogP contribution < -0.4 is 10.6 Å². The van der Waals surface area contributed by atoms with Crippen LogP contribution in [-0.2, 0) is 4.79 Å². The Morgan fingerprint density at radius 1 is 0.793 bits per heavy atom. The number of hydrogen-bond acceptors (Lipinski definition) is 4. The van der Waals surface area contributed by atoms with E-state index in [0.717, 1.165) is 5.69 Å². The second kappa shape index (κ2) is 7.53. The van der Waals surface area contributed by atoms with Crippen molar-refractivity contribution in [3.63, 3.8) is 0 Å². The molecule has 1 atom stereocenters. The summed E-state index contributed by atoms with van der Waals surface area (Å²) in [5, 5.41) is 6.49. The number of rotatable bonds is 4. The van der Waals surface area contributed by atoms with Crippen LogP contribution in [0.5, 0.6) is 0 Å². The Hall–Kier alpha value is -3.44. The number of halogens is 1. The molecule has 3 aromatic carbocycles. The van der Waals surface area contributed by atoms with Crippen LogP contribution in [0.1, 0.15) is 38.8 Å². The van der Waals surface area contributed by atoms with E-state index in [-0.39, 0.29) is 17.5 Å². The third kappa shape index (κ3) is 3.65. The maximum Gasteiger partial charge on any atom is 0.246 e. The van der Waals surface area contributed by atoms with Crippen LogP contribution >= 0.6 is 11.6 Å². The molecule has 4 rings (SSSR count). The zero-order chi connectivity index (χ0) is 20.5. The molecule has 0 fully saturated rings. The van der Waals surface area contributed by atoms with Crippen molar-refractivity contribution < 1.29 is 14.4 Å². The smallest absolute Gasteiger partial charge is 0.246 e. The maximum absolute atomic E-state index is 12.8. The molecule has 0 saturated carbocycles. The van der Waals surface area contributed by atoms with Gasteiger partial charge in [0, 0.05) is 38.7 Å². The topological polar surface area (TPSA) is 75.3 Å². The van der Waals surface area contributed by atoms with Gasteiger partial charge in [0.1, 0.15) is 6.04 Å². The summed E-state index contributed by atoms with van der Waals surface area (Å²) in [6.07, 6.45) is 0. The average molecular weight is 405 g/mol. The quantitative estimate of drug-likeness (QED) is 0.523. The van der Waals surface area contributed by atoms with Crippen LogP contribution in [0.2, 0.25) is 5.02 Å². The summed E-state index contributed by atoms with van der Waals surface area (Å²) in [6.45, 7) is 1.73. The van der Waals surface area contributed by atoms with E-state index in [4.69, 9.17) is 11.6 Å². The van der Waals surface area contributed by atoms with Gasteiger partial charge in [-0.05, 0) is 49.4 Å². The molecule has 0 aromatic heterocycles. The van der Waals surface area contributed by atoms with Crippen molar-refractivity contribution in [2.45, 2.75) is 13.0 Å². The van der Waals surface area contributed by atoms with E-state index in [1.54, 1.807) is 73.7 Å². The molecule has 144 valence electrons. The third-order valence-electron chi connectivity index (χ3n) is 4.81. The summed E-state index contributed by atoms with van der Waals surface area (Å²) in [5.74, 6) is -0.681. The Labute approximate surface area is 172 Å². The number of ketones is 2. The average Bonchev–Trinajstić information content (AvgIpc) is 2.73. The Kier molecular flexibility index (Phi) is 4.91. The Balaban J connectivity index is 1.53. The first-order valence-electron chi connectivity index (χ1n) is 9.09. The lowest BCUT2D eigenvalue weighted by Crippen LogP contribution is -2.32. The predicted molar refractivity (Wildman–Crippen MR) is 113 cm³/mol. The monoisotopic (exact) mass is 404 g/mol.